The zero-order valence-corrected chi connectivity index (χ0v) is 18.9. The Bertz CT molecular complexity index is 1120. The molecule has 0 radical (unpaired) electrons. The first kappa shape index (κ1) is 19.4. The number of aryl methyl sites for hydroxylation is 2. The number of carbonyl (C=O) groups is 1. The van der Waals surface area contributed by atoms with E-state index in [0.29, 0.717) is 15.8 Å². The lowest BCUT2D eigenvalue weighted by Crippen LogP contribution is -2.34. The average molecular weight is 520 g/mol. The second-order valence-corrected chi connectivity index (χ2v) is 8.67. The van der Waals surface area contributed by atoms with E-state index >= 15 is 0 Å². The van der Waals surface area contributed by atoms with Gasteiger partial charge < -0.3 is 10.1 Å². The van der Waals surface area contributed by atoms with Crippen LogP contribution in [0.1, 0.15) is 21.5 Å². The molecule has 0 heterocycles. The molecule has 3 aromatic carbocycles. The zero-order valence-electron chi connectivity index (χ0n) is 14.9. The second kappa shape index (κ2) is 7.81. The van der Waals surface area contributed by atoms with Crippen molar-refractivity contribution in [1.29, 1.82) is 0 Å². The number of amides is 1. The Balaban J connectivity index is 1.58. The highest BCUT2D eigenvalue weighted by molar-refractivity contribution is 9.11. The van der Waals surface area contributed by atoms with Crippen LogP contribution in [0.15, 0.2) is 51.4 Å². The number of thiocarbonyl (C=S) groups is 1. The van der Waals surface area contributed by atoms with Crippen molar-refractivity contribution >= 4 is 71.6 Å². The van der Waals surface area contributed by atoms with E-state index in [1.165, 1.54) is 23.6 Å². The van der Waals surface area contributed by atoms with Gasteiger partial charge in [0.05, 0.1) is 17.1 Å². The van der Waals surface area contributed by atoms with Crippen LogP contribution in [0.4, 0.5) is 5.69 Å². The van der Waals surface area contributed by atoms with Crippen LogP contribution < -0.4 is 15.4 Å². The summed E-state index contributed by atoms with van der Waals surface area (Å²) in [6.07, 6.45) is 2.13. The van der Waals surface area contributed by atoms with Crippen LogP contribution in [0.3, 0.4) is 0 Å². The lowest BCUT2D eigenvalue weighted by atomic mass is 10.0. The first-order chi connectivity index (χ1) is 13.5. The Morgan fingerprint density at radius 2 is 1.86 bits per heavy atom. The highest BCUT2D eigenvalue weighted by Gasteiger charge is 2.19. The average Bonchev–Trinajstić information content (AvgIpc) is 3.08. The first-order valence-electron chi connectivity index (χ1n) is 8.67. The van der Waals surface area contributed by atoms with Gasteiger partial charge in [0.15, 0.2) is 5.11 Å². The van der Waals surface area contributed by atoms with Crippen LogP contribution in [0.5, 0.6) is 5.75 Å². The van der Waals surface area contributed by atoms with Gasteiger partial charge in [-0.3, -0.25) is 10.1 Å². The van der Waals surface area contributed by atoms with Crippen LogP contribution in [0.25, 0.3) is 10.8 Å². The van der Waals surface area contributed by atoms with Gasteiger partial charge >= 0.3 is 0 Å². The summed E-state index contributed by atoms with van der Waals surface area (Å²) in [6.45, 7) is 0. The van der Waals surface area contributed by atoms with Gasteiger partial charge in [0.1, 0.15) is 5.75 Å². The maximum absolute atomic E-state index is 12.8. The molecule has 0 saturated heterocycles. The molecule has 0 saturated carbocycles. The van der Waals surface area contributed by atoms with Crippen molar-refractivity contribution in [1.82, 2.24) is 5.32 Å². The predicted octanol–water partition coefficient (Wildman–Crippen LogP) is 5.60. The molecule has 0 spiro atoms. The van der Waals surface area contributed by atoms with Crippen LogP contribution in [0, 0.1) is 0 Å². The van der Waals surface area contributed by atoms with E-state index in [2.05, 4.69) is 66.8 Å². The minimum absolute atomic E-state index is 0.238. The quantitative estimate of drug-likeness (QED) is 0.442. The largest absolute Gasteiger partial charge is 0.495 e. The molecule has 142 valence electrons. The number of hydrogen-bond acceptors (Lipinski definition) is 3. The summed E-state index contributed by atoms with van der Waals surface area (Å²) in [5.74, 6) is 0.108. The minimum Gasteiger partial charge on any atom is -0.495 e. The molecule has 4 nitrogen and oxygen atoms in total. The van der Waals surface area contributed by atoms with Crippen molar-refractivity contribution in [2.75, 3.05) is 12.4 Å². The van der Waals surface area contributed by atoms with E-state index in [9.17, 15) is 4.79 Å². The van der Waals surface area contributed by atoms with E-state index in [0.717, 1.165) is 28.4 Å². The van der Waals surface area contributed by atoms with Crippen molar-refractivity contribution in [3.8, 4) is 5.75 Å². The highest BCUT2D eigenvalue weighted by Crippen LogP contribution is 2.35. The molecule has 0 bridgehead atoms. The Labute approximate surface area is 184 Å². The van der Waals surface area contributed by atoms with E-state index in [4.69, 9.17) is 17.0 Å². The summed E-state index contributed by atoms with van der Waals surface area (Å²) in [7, 11) is 1.52. The van der Waals surface area contributed by atoms with E-state index in [-0.39, 0.29) is 11.0 Å². The number of anilines is 1. The van der Waals surface area contributed by atoms with Gasteiger partial charge in [0.25, 0.3) is 5.91 Å². The third-order valence-corrected chi connectivity index (χ3v) is 6.06. The summed E-state index contributed by atoms with van der Waals surface area (Å²) in [5, 5.41) is 8.56. The van der Waals surface area contributed by atoms with Crippen LogP contribution in [-0.2, 0) is 12.8 Å². The number of rotatable bonds is 3. The molecule has 0 atom stereocenters. The third-order valence-electron chi connectivity index (χ3n) is 4.81. The monoisotopic (exact) mass is 518 g/mol. The van der Waals surface area contributed by atoms with E-state index in [1.54, 1.807) is 6.07 Å². The number of methoxy groups -OCH3 is 1. The minimum atomic E-state index is -0.345. The summed E-state index contributed by atoms with van der Waals surface area (Å²) in [6, 6.07) is 14.0. The van der Waals surface area contributed by atoms with Crippen molar-refractivity contribution in [3.63, 3.8) is 0 Å². The Morgan fingerprint density at radius 1 is 1.11 bits per heavy atom. The van der Waals surface area contributed by atoms with Gasteiger partial charge in [-0.25, -0.2) is 0 Å². The van der Waals surface area contributed by atoms with Gasteiger partial charge in [-0.15, -0.1) is 0 Å². The number of hydrogen-bond donors (Lipinski definition) is 2. The van der Waals surface area contributed by atoms with Gasteiger partial charge in [-0.2, -0.15) is 0 Å². The standard InChI is InChI=1S/C21H16Br2N2O2S/c1-27-19-15(9-13(22)10-16(19)23)20(26)25-21(28)24-17-8-7-12-6-5-11-3-2-4-14(17)18(11)12/h2-4,7-10H,5-6H2,1H3,(H2,24,25,26,28). The maximum Gasteiger partial charge on any atom is 0.261 e. The molecule has 2 N–H and O–H groups in total. The Hall–Kier alpha value is -1.96. The van der Waals surface area contributed by atoms with E-state index < -0.39 is 0 Å². The first-order valence-corrected chi connectivity index (χ1v) is 10.7. The Morgan fingerprint density at radius 3 is 2.61 bits per heavy atom. The van der Waals surface area contributed by atoms with Crippen LogP contribution in [0.2, 0.25) is 0 Å². The fourth-order valence-electron chi connectivity index (χ4n) is 3.62. The summed E-state index contributed by atoms with van der Waals surface area (Å²) in [5.41, 5.74) is 3.98. The molecule has 1 amide bonds. The fourth-order valence-corrected chi connectivity index (χ4v) is 5.21. The Kier molecular flexibility index (Phi) is 5.40. The zero-order chi connectivity index (χ0) is 19.8. The number of halogens is 2. The van der Waals surface area contributed by atoms with Crippen molar-refractivity contribution in [3.05, 3.63) is 68.1 Å². The number of benzene rings is 3. The smallest absolute Gasteiger partial charge is 0.261 e. The normalized spacial score (nSPS) is 12.1. The lowest BCUT2D eigenvalue weighted by Gasteiger charge is -2.15. The second-order valence-electron chi connectivity index (χ2n) is 6.49. The molecule has 28 heavy (non-hydrogen) atoms. The maximum atomic E-state index is 12.8. The highest BCUT2D eigenvalue weighted by atomic mass is 79.9. The van der Waals surface area contributed by atoms with Gasteiger partial charge in [-0.1, -0.05) is 40.2 Å². The molecule has 0 unspecified atom stereocenters. The molecule has 1 aliphatic carbocycles. The molecular formula is C21H16Br2N2O2S. The van der Waals surface area contributed by atoms with Crippen LogP contribution >= 0.6 is 44.1 Å². The third kappa shape index (κ3) is 3.54. The van der Waals surface area contributed by atoms with Crippen molar-refractivity contribution in [2.24, 2.45) is 0 Å². The predicted molar refractivity (Wildman–Crippen MR) is 123 cm³/mol. The van der Waals surface area contributed by atoms with Gasteiger partial charge in [0, 0.05) is 15.5 Å². The SMILES string of the molecule is COc1c(Br)cc(Br)cc1C(=O)NC(=S)Nc1ccc2c3c(cccc13)CC2. The molecular weight excluding hydrogens is 504 g/mol. The topological polar surface area (TPSA) is 50.4 Å². The van der Waals surface area contributed by atoms with Crippen molar-refractivity contribution < 1.29 is 9.53 Å². The molecule has 0 fully saturated rings. The molecule has 0 aliphatic heterocycles. The molecule has 1 aliphatic rings. The summed E-state index contributed by atoms with van der Waals surface area (Å²) in [4.78, 5) is 12.8. The fraction of sp³-hybridized carbons (Fsp3) is 0.143. The molecule has 3 aromatic rings. The number of carbonyl (C=O) groups excluding carboxylic acids is 1. The van der Waals surface area contributed by atoms with E-state index in [1.807, 2.05) is 12.1 Å². The van der Waals surface area contributed by atoms with Crippen LogP contribution in [-0.4, -0.2) is 18.1 Å². The molecule has 7 heteroatoms. The summed E-state index contributed by atoms with van der Waals surface area (Å²) >= 11 is 12.2. The number of ether oxygens (including phenoxy) is 1. The van der Waals surface area contributed by atoms with Gasteiger partial charge in [-0.05, 0) is 75.7 Å². The number of nitrogens with one attached hydrogen (secondary N) is 2. The van der Waals surface area contributed by atoms with Crippen molar-refractivity contribution in [2.45, 2.75) is 12.8 Å². The molecule has 4 rings (SSSR count). The molecule has 0 aromatic heterocycles. The lowest BCUT2D eigenvalue weighted by molar-refractivity contribution is 0.0974. The van der Waals surface area contributed by atoms with Gasteiger partial charge in [0.2, 0.25) is 0 Å². The summed E-state index contributed by atoms with van der Waals surface area (Å²) < 4.78 is 6.79.